The molecular formula is C33H32F2N6O3. The van der Waals surface area contributed by atoms with Crippen molar-refractivity contribution >= 4 is 27.5 Å². The summed E-state index contributed by atoms with van der Waals surface area (Å²) in [6.07, 6.45) is 7.13. The molecule has 4 aromatic rings. The SMILES string of the molecule is C#Cc1cccc2cc(O)cc(-c3nc4c5c(nc(OCC67CCCN6CC(F)C7)nc5c3F)N3CC(C)NCC3CO4)c12. The normalized spacial score (nSPS) is 26.2. The number of aromatic nitrogens is 3. The van der Waals surface area contributed by atoms with Crippen molar-refractivity contribution in [1.29, 1.82) is 0 Å². The van der Waals surface area contributed by atoms with Crippen molar-refractivity contribution in [2.75, 3.05) is 44.3 Å². The number of aromatic hydroxyl groups is 1. The van der Waals surface area contributed by atoms with Crippen molar-refractivity contribution in [3.05, 3.63) is 41.7 Å². The summed E-state index contributed by atoms with van der Waals surface area (Å²) in [7, 11) is 0. The average Bonchev–Trinajstić information content (AvgIpc) is 3.49. The molecule has 9 nitrogen and oxygen atoms in total. The van der Waals surface area contributed by atoms with Crippen molar-refractivity contribution in [2.45, 2.75) is 50.0 Å². The predicted octanol–water partition coefficient (Wildman–Crippen LogP) is 4.19. The van der Waals surface area contributed by atoms with Gasteiger partial charge in [-0.2, -0.15) is 9.97 Å². The number of pyridine rings is 1. The molecule has 0 amide bonds. The van der Waals surface area contributed by atoms with Crippen LogP contribution in [0.2, 0.25) is 0 Å². The quantitative estimate of drug-likeness (QED) is 0.336. The molecule has 0 spiro atoms. The van der Waals surface area contributed by atoms with Gasteiger partial charge in [-0.15, -0.1) is 6.42 Å². The first-order valence-electron chi connectivity index (χ1n) is 15.1. The van der Waals surface area contributed by atoms with Crippen molar-refractivity contribution < 1.29 is 23.4 Å². The Balaban J connectivity index is 1.32. The summed E-state index contributed by atoms with van der Waals surface area (Å²) in [4.78, 5) is 18.4. The number of hydrogen-bond acceptors (Lipinski definition) is 9. The number of halogens is 2. The van der Waals surface area contributed by atoms with Gasteiger partial charge in [-0.3, -0.25) is 4.90 Å². The minimum Gasteiger partial charge on any atom is -0.508 e. The number of phenolic OH excluding ortho intramolecular Hbond substituents is 1. The largest absolute Gasteiger partial charge is 0.508 e. The van der Waals surface area contributed by atoms with Crippen molar-refractivity contribution in [3.8, 4) is 41.2 Å². The fourth-order valence-corrected chi connectivity index (χ4v) is 7.56. The van der Waals surface area contributed by atoms with Crippen LogP contribution in [-0.2, 0) is 0 Å². The lowest BCUT2D eigenvalue weighted by Gasteiger charge is -2.38. The highest BCUT2D eigenvalue weighted by atomic mass is 19.1. The van der Waals surface area contributed by atoms with E-state index in [-0.39, 0.29) is 47.5 Å². The summed E-state index contributed by atoms with van der Waals surface area (Å²) in [6.45, 7) is 5.08. The molecule has 4 unspecified atom stereocenters. The number of piperazine rings is 1. The Bertz CT molecular complexity index is 1860. The molecule has 11 heteroatoms. The van der Waals surface area contributed by atoms with E-state index in [2.05, 4.69) is 32.9 Å². The van der Waals surface area contributed by atoms with Crippen LogP contribution in [0.4, 0.5) is 14.6 Å². The first-order chi connectivity index (χ1) is 21.3. The maximum atomic E-state index is 16.9. The molecule has 44 heavy (non-hydrogen) atoms. The number of nitrogens with one attached hydrogen (secondary N) is 1. The average molecular weight is 599 g/mol. The van der Waals surface area contributed by atoms with Gasteiger partial charge in [-0.05, 0) is 49.9 Å². The van der Waals surface area contributed by atoms with Crippen molar-refractivity contribution in [1.82, 2.24) is 25.2 Å². The van der Waals surface area contributed by atoms with Gasteiger partial charge >= 0.3 is 6.01 Å². The highest BCUT2D eigenvalue weighted by Gasteiger charge is 2.49. The van der Waals surface area contributed by atoms with Gasteiger partial charge < -0.3 is 24.8 Å². The molecule has 8 rings (SSSR count). The van der Waals surface area contributed by atoms with Crippen LogP contribution >= 0.6 is 0 Å². The minimum absolute atomic E-state index is 0.00193. The molecule has 4 aliphatic heterocycles. The molecular weight excluding hydrogens is 566 g/mol. The number of rotatable bonds is 4. The Morgan fingerprint density at radius 1 is 1.23 bits per heavy atom. The Labute approximate surface area is 253 Å². The van der Waals surface area contributed by atoms with Crippen molar-refractivity contribution in [3.63, 3.8) is 0 Å². The summed E-state index contributed by atoms with van der Waals surface area (Å²) in [5.41, 5.74) is 0.406. The van der Waals surface area contributed by atoms with E-state index in [9.17, 15) is 9.50 Å². The molecule has 2 N–H and O–H groups in total. The van der Waals surface area contributed by atoms with Crippen LogP contribution in [0.5, 0.6) is 17.6 Å². The number of benzene rings is 2. The zero-order valence-corrected chi connectivity index (χ0v) is 24.3. The molecule has 2 aromatic carbocycles. The van der Waals surface area contributed by atoms with Crippen LogP contribution in [-0.4, -0.2) is 88.1 Å². The molecule has 2 aromatic heterocycles. The lowest BCUT2D eigenvalue weighted by molar-refractivity contribution is 0.107. The van der Waals surface area contributed by atoms with E-state index in [0.29, 0.717) is 65.8 Å². The smallest absolute Gasteiger partial charge is 0.319 e. The van der Waals surface area contributed by atoms with Gasteiger partial charge in [-0.1, -0.05) is 18.1 Å². The van der Waals surface area contributed by atoms with Crippen molar-refractivity contribution in [2.24, 2.45) is 0 Å². The Morgan fingerprint density at radius 2 is 2.11 bits per heavy atom. The number of terminal acetylenes is 1. The highest BCUT2D eigenvalue weighted by molar-refractivity contribution is 6.04. The highest BCUT2D eigenvalue weighted by Crippen LogP contribution is 2.44. The molecule has 0 bridgehead atoms. The van der Waals surface area contributed by atoms with Crippen LogP contribution in [0.1, 0.15) is 31.7 Å². The summed E-state index contributed by atoms with van der Waals surface area (Å²) in [5.74, 6) is 2.61. The molecule has 3 saturated heterocycles. The number of hydrogen-bond donors (Lipinski definition) is 2. The first kappa shape index (κ1) is 27.3. The Morgan fingerprint density at radius 3 is 2.98 bits per heavy atom. The monoisotopic (exact) mass is 598 g/mol. The minimum atomic E-state index is -0.903. The predicted molar refractivity (Wildman–Crippen MR) is 162 cm³/mol. The number of phenols is 1. The van der Waals surface area contributed by atoms with E-state index in [1.165, 1.54) is 6.07 Å². The summed E-state index contributed by atoms with van der Waals surface area (Å²) < 4.78 is 43.9. The zero-order chi connectivity index (χ0) is 30.2. The zero-order valence-electron chi connectivity index (χ0n) is 24.3. The number of anilines is 1. The third kappa shape index (κ3) is 4.23. The van der Waals surface area contributed by atoms with Gasteiger partial charge in [0.25, 0.3) is 0 Å². The van der Waals surface area contributed by atoms with Crippen LogP contribution in [0.15, 0.2) is 30.3 Å². The summed E-state index contributed by atoms with van der Waals surface area (Å²) >= 11 is 0. The number of nitrogens with zero attached hydrogens (tertiary/aromatic N) is 5. The molecule has 226 valence electrons. The van der Waals surface area contributed by atoms with Gasteiger partial charge in [0.2, 0.25) is 5.88 Å². The van der Waals surface area contributed by atoms with Gasteiger partial charge in [0, 0.05) is 48.6 Å². The fraction of sp³-hybridized carbons (Fsp3) is 0.424. The van der Waals surface area contributed by atoms with E-state index in [4.69, 9.17) is 25.9 Å². The van der Waals surface area contributed by atoms with Gasteiger partial charge in [-0.25, -0.2) is 13.8 Å². The van der Waals surface area contributed by atoms with Gasteiger partial charge in [0.1, 0.15) is 47.5 Å². The third-order valence-corrected chi connectivity index (χ3v) is 9.61. The second-order valence-corrected chi connectivity index (χ2v) is 12.5. The van der Waals surface area contributed by atoms with Crippen LogP contribution in [0, 0.1) is 18.2 Å². The molecule has 0 saturated carbocycles. The number of ether oxygens (including phenoxy) is 2. The molecule has 4 aliphatic rings. The van der Waals surface area contributed by atoms with Gasteiger partial charge in [0.15, 0.2) is 5.82 Å². The molecule has 4 atom stereocenters. The topological polar surface area (TPSA) is 95.9 Å². The fourth-order valence-electron chi connectivity index (χ4n) is 7.56. The second-order valence-electron chi connectivity index (χ2n) is 12.5. The summed E-state index contributed by atoms with van der Waals surface area (Å²) in [6, 6.07) is 8.50. The number of alkyl halides is 1. The number of fused-ring (bicyclic) bond motifs is 4. The lowest BCUT2D eigenvalue weighted by atomic mass is 9.95. The first-order valence-corrected chi connectivity index (χ1v) is 15.1. The van der Waals surface area contributed by atoms with E-state index in [1.807, 2.05) is 0 Å². The Hall–Kier alpha value is -4.27. The lowest BCUT2D eigenvalue weighted by Crippen LogP contribution is -2.57. The summed E-state index contributed by atoms with van der Waals surface area (Å²) in [5, 5.41) is 15.7. The maximum Gasteiger partial charge on any atom is 0.319 e. The van der Waals surface area contributed by atoms with E-state index < -0.39 is 17.5 Å². The molecule has 0 aliphatic carbocycles. The molecule has 3 fully saturated rings. The van der Waals surface area contributed by atoms with E-state index in [0.717, 1.165) is 19.4 Å². The van der Waals surface area contributed by atoms with Gasteiger partial charge in [0.05, 0.1) is 11.6 Å². The maximum absolute atomic E-state index is 16.9. The standard InChI is InChI=1S/C33H32F2N6O3/c1-3-19-6-4-7-20-10-23(42)11-24(25(19)20)28-27(35)29-26-30(41-14-18(2)36-13-22(41)16-43-31(26)37-28)39-32(38-29)44-17-33-8-5-9-40(33)15-21(34)12-33/h1,4,6-7,10-11,18,21-22,36,42H,5,8-9,12-17H2,2H3. The van der Waals surface area contributed by atoms with Crippen LogP contribution in [0.3, 0.4) is 0 Å². The van der Waals surface area contributed by atoms with E-state index in [1.54, 1.807) is 24.3 Å². The van der Waals surface area contributed by atoms with E-state index >= 15 is 4.39 Å². The molecule has 6 heterocycles. The second kappa shape index (κ2) is 10.1. The van der Waals surface area contributed by atoms with Crippen LogP contribution < -0.4 is 19.7 Å². The third-order valence-electron chi connectivity index (χ3n) is 9.61. The molecule has 0 radical (unpaired) electrons. The Kier molecular flexibility index (Phi) is 6.29. The van der Waals surface area contributed by atoms with Crippen LogP contribution in [0.25, 0.3) is 32.9 Å².